The van der Waals surface area contributed by atoms with E-state index in [1.165, 1.54) is 11.3 Å². The van der Waals surface area contributed by atoms with Crippen molar-refractivity contribution < 1.29 is 9.53 Å². The maximum absolute atomic E-state index is 11.3. The number of aryl methyl sites for hydroxylation is 1. The number of primary amides is 1. The topological polar surface area (TPSA) is 65.2 Å². The number of rotatable bonds is 3. The lowest BCUT2D eigenvalue weighted by Crippen LogP contribution is -2.08. The first kappa shape index (κ1) is 13.9. The monoisotopic (exact) mass is 318 g/mol. The summed E-state index contributed by atoms with van der Waals surface area (Å²) in [6.07, 6.45) is 3.30. The quantitative estimate of drug-likeness (QED) is 0.789. The smallest absolute Gasteiger partial charge is 0.258 e. The molecule has 0 unspecified atom stereocenters. The Morgan fingerprint density at radius 3 is 2.86 bits per heavy atom. The fraction of sp³-hybridized carbons (Fsp3) is 0.0667. The van der Waals surface area contributed by atoms with E-state index in [-0.39, 0.29) is 0 Å². The number of hydrogen-bond acceptors (Lipinski definition) is 4. The zero-order chi connectivity index (χ0) is 15.0. The molecular weight excluding hydrogens is 308 g/mol. The van der Waals surface area contributed by atoms with Gasteiger partial charge in [-0.2, -0.15) is 0 Å². The predicted molar refractivity (Wildman–Crippen MR) is 84.4 cm³/mol. The largest absolute Gasteiger partial charge is 0.455 e. The molecule has 0 atom stereocenters. The first-order chi connectivity index (χ1) is 10.0. The minimum atomic E-state index is -0.454. The fourth-order valence-corrected chi connectivity index (χ4v) is 2.96. The molecule has 106 valence electrons. The van der Waals surface area contributed by atoms with Crippen molar-refractivity contribution in [1.82, 2.24) is 4.98 Å². The first-order valence-electron chi connectivity index (χ1n) is 6.16. The lowest BCUT2D eigenvalue weighted by molar-refractivity contribution is 0.100. The van der Waals surface area contributed by atoms with Gasteiger partial charge < -0.3 is 10.5 Å². The van der Waals surface area contributed by atoms with Crippen molar-refractivity contribution in [2.45, 2.75) is 6.92 Å². The fourth-order valence-electron chi connectivity index (χ4n) is 1.95. The Bertz CT molecular complexity index is 845. The van der Waals surface area contributed by atoms with Crippen molar-refractivity contribution in [3.63, 3.8) is 0 Å². The summed E-state index contributed by atoms with van der Waals surface area (Å²) in [6, 6.07) is 7.14. The summed E-state index contributed by atoms with van der Waals surface area (Å²) in [6.45, 7) is 1.91. The number of carbonyl (C=O) groups excluding carboxylic acids is 1. The molecule has 1 amide bonds. The number of ether oxygens (including phenoxy) is 1. The van der Waals surface area contributed by atoms with Crippen LogP contribution in [0.5, 0.6) is 11.5 Å². The zero-order valence-electron chi connectivity index (χ0n) is 11.1. The van der Waals surface area contributed by atoms with Crippen molar-refractivity contribution in [2.75, 3.05) is 0 Å². The molecule has 0 saturated heterocycles. The van der Waals surface area contributed by atoms with Gasteiger partial charge in [-0.05, 0) is 36.8 Å². The summed E-state index contributed by atoms with van der Waals surface area (Å²) in [4.78, 5) is 15.9. The molecule has 21 heavy (non-hydrogen) atoms. The van der Waals surface area contributed by atoms with Crippen LogP contribution in [-0.2, 0) is 0 Å². The Labute approximate surface area is 130 Å². The molecule has 2 aromatic heterocycles. The average Bonchev–Trinajstić information content (AvgIpc) is 2.88. The SMILES string of the molecule is Cc1cc(Oc2cncc3sc(C(N)=O)cc23)ccc1Cl. The Balaban J connectivity index is 2.03. The second kappa shape index (κ2) is 5.35. The van der Waals surface area contributed by atoms with Gasteiger partial charge in [-0.25, -0.2) is 0 Å². The Kier molecular flexibility index (Phi) is 3.53. The van der Waals surface area contributed by atoms with Gasteiger partial charge in [0.15, 0.2) is 5.75 Å². The van der Waals surface area contributed by atoms with Gasteiger partial charge in [0.25, 0.3) is 5.91 Å². The molecule has 0 aliphatic heterocycles. The van der Waals surface area contributed by atoms with E-state index in [9.17, 15) is 4.79 Å². The number of fused-ring (bicyclic) bond motifs is 1. The molecule has 0 fully saturated rings. The summed E-state index contributed by atoms with van der Waals surface area (Å²) in [5.74, 6) is 0.792. The van der Waals surface area contributed by atoms with Crippen molar-refractivity contribution >= 4 is 38.9 Å². The molecule has 3 aromatic rings. The Morgan fingerprint density at radius 2 is 2.14 bits per heavy atom. The van der Waals surface area contributed by atoms with Gasteiger partial charge in [-0.15, -0.1) is 11.3 Å². The highest BCUT2D eigenvalue weighted by atomic mass is 35.5. The standard InChI is InChI=1S/C15H11ClN2O2S/c1-8-4-9(2-3-11(8)16)20-12-6-18-7-14-10(12)5-13(21-14)15(17)19/h2-7H,1H3,(H2,17,19). The second-order valence-electron chi connectivity index (χ2n) is 4.54. The first-order valence-corrected chi connectivity index (χ1v) is 7.35. The van der Waals surface area contributed by atoms with Crippen LogP contribution in [0.1, 0.15) is 15.2 Å². The van der Waals surface area contributed by atoms with Crippen molar-refractivity contribution in [2.24, 2.45) is 5.73 Å². The molecule has 6 heteroatoms. The number of pyridine rings is 1. The third-order valence-electron chi connectivity index (χ3n) is 3.01. The van der Waals surface area contributed by atoms with Crippen LogP contribution in [0.2, 0.25) is 5.02 Å². The number of hydrogen-bond donors (Lipinski definition) is 1. The van der Waals surface area contributed by atoms with Gasteiger partial charge >= 0.3 is 0 Å². The molecule has 0 aliphatic carbocycles. The highest BCUT2D eigenvalue weighted by molar-refractivity contribution is 7.20. The zero-order valence-corrected chi connectivity index (χ0v) is 12.7. The van der Waals surface area contributed by atoms with E-state index < -0.39 is 5.91 Å². The second-order valence-corrected chi connectivity index (χ2v) is 6.03. The van der Waals surface area contributed by atoms with E-state index in [0.29, 0.717) is 21.4 Å². The maximum Gasteiger partial charge on any atom is 0.258 e. The predicted octanol–water partition coefficient (Wildman–Crippen LogP) is 4.15. The third-order valence-corrected chi connectivity index (χ3v) is 4.52. The molecular formula is C15H11ClN2O2S. The highest BCUT2D eigenvalue weighted by Gasteiger charge is 2.12. The Morgan fingerprint density at radius 1 is 1.33 bits per heavy atom. The average molecular weight is 319 g/mol. The normalized spacial score (nSPS) is 10.8. The van der Waals surface area contributed by atoms with E-state index in [0.717, 1.165) is 15.6 Å². The van der Waals surface area contributed by atoms with Gasteiger partial charge in [-0.1, -0.05) is 11.6 Å². The summed E-state index contributed by atoms with van der Waals surface area (Å²) < 4.78 is 6.71. The molecule has 4 nitrogen and oxygen atoms in total. The number of halogens is 1. The number of amides is 1. The third kappa shape index (κ3) is 2.70. The van der Waals surface area contributed by atoms with Crippen molar-refractivity contribution in [3.8, 4) is 11.5 Å². The van der Waals surface area contributed by atoms with Gasteiger partial charge in [0.2, 0.25) is 0 Å². The minimum Gasteiger partial charge on any atom is -0.455 e. The van der Waals surface area contributed by atoms with Crippen molar-refractivity contribution in [1.29, 1.82) is 0 Å². The summed E-state index contributed by atoms with van der Waals surface area (Å²) >= 11 is 7.30. The number of benzene rings is 1. The van der Waals surface area contributed by atoms with E-state index in [1.54, 1.807) is 30.6 Å². The molecule has 0 aliphatic rings. The lowest BCUT2D eigenvalue weighted by atomic mass is 10.2. The van der Waals surface area contributed by atoms with Gasteiger partial charge in [0.1, 0.15) is 5.75 Å². The molecule has 0 saturated carbocycles. The Hall–Kier alpha value is -2.11. The molecule has 3 rings (SSSR count). The molecule has 0 spiro atoms. The van der Waals surface area contributed by atoms with Crippen LogP contribution in [-0.4, -0.2) is 10.9 Å². The molecule has 2 N–H and O–H groups in total. The van der Waals surface area contributed by atoms with Crippen LogP contribution in [0, 0.1) is 6.92 Å². The number of nitrogens with two attached hydrogens (primary N) is 1. The number of carbonyl (C=O) groups is 1. The number of thiophene rings is 1. The number of nitrogens with zero attached hydrogens (tertiary/aromatic N) is 1. The molecule has 0 radical (unpaired) electrons. The van der Waals surface area contributed by atoms with Crippen molar-refractivity contribution in [3.05, 3.63) is 52.1 Å². The van der Waals surface area contributed by atoms with Crippen LogP contribution in [0.3, 0.4) is 0 Å². The summed E-state index contributed by atoms with van der Waals surface area (Å²) in [5, 5.41) is 1.50. The van der Waals surface area contributed by atoms with Crippen LogP contribution < -0.4 is 10.5 Å². The van der Waals surface area contributed by atoms with Gasteiger partial charge in [-0.3, -0.25) is 9.78 Å². The van der Waals surface area contributed by atoms with Crippen LogP contribution in [0.4, 0.5) is 0 Å². The van der Waals surface area contributed by atoms with E-state index in [2.05, 4.69) is 4.98 Å². The summed E-state index contributed by atoms with van der Waals surface area (Å²) in [5.41, 5.74) is 6.24. The molecule has 0 bridgehead atoms. The van der Waals surface area contributed by atoms with Gasteiger partial charge in [0, 0.05) is 16.6 Å². The van der Waals surface area contributed by atoms with E-state index >= 15 is 0 Å². The van der Waals surface area contributed by atoms with Crippen LogP contribution >= 0.6 is 22.9 Å². The lowest BCUT2D eigenvalue weighted by Gasteiger charge is -2.07. The molecule has 2 heterocycles. The maximum atomic E-state index is 11.3. The number of aromatic nitrogens is 1. The van der Waals surface area contributed by atoms with E-state index in [1.807, 2.05) is 13.0 Å². The van der Waals surface area contributed by atoms with E-state index in [4.69, 9.17) is 22.1 Å². The minimum absolute atomic E-state index is 0.454. The van der Waals surface area contributed by atoms with Crippen LogP contribution in [0.25, 0.3) is 10.1 Å². The van der Waals surface area contributed by atoms with Gasteiger partial charge in [0.05, 0.1) is 15.8 Å². The van der Waals surface area contributed by atoms with Crippen LogP contribution in [0.15, 0.2) is 36.7 Å². The highest BCUT2D eigenvalue weighted by Crippen LogP contribution is 2.34. The summed E-state index contributed by atoms with van der Waals surface area (Å²) in [7, 11) is 0. The molecule has 1 aromatic carbocycles.